The summed E-state index contributed by atoms with van der Waals surface area (Å²) in [6.07, 6.45) is -1.95. The highest BCUT2D eigenvalue weighted by molar-refractivity contribution is 5.80. The van der Waals surface area contributed by atoms with Gasteiger partial charge >= 0.3 is 12.1 Å². The third-order valence-electron chi connectivity index (χ3n) is 3.96. The summed E-state index contributed by atoms with van der Waals surface area (Å²) in [5.74, 6) is -1.82. The zero-order chi connectivity index (χ0) is 21.1. The van der Waals surface area contributed by atoms with Gasteiger partial charge in [-0.25, -0.2) is 4.79 Å². The second-order valence-electron chi connectivity index (χ2n) is 6.40. The van der Waals surface area contributed by atoms with Gasteiger partial charge in [0.15, 0.2) is 0 Å². The van der Waals surface area contributed by atoms with Crippen molar-refractivity contribution in [1.82, 2.24) is 4.90 Å². The molecular weight excluding hydrogens is 376 g/mol. The van der Waals surface area contributed by atoms with Gasteiger partial charge in [0, 0.05) is 0 Å². The van der Waals surface area contributed by atoms with Crippen LogP contribution < -0.4 is 5.73 Å². The van der Waals surface area contributed by atoms with Crippen LogP contribution >= 0.6 is 0 Å². The minimum atomic E-state index is -1.08. The van der Waals surface area contributed by atoms with Gasteiger partial charge in [-0.3, -0.25) is 14.5 Å². The molecule has 0 aliphatic heterocycles. The van der Waals surface area contributed by atoms with E-state index in [0.717, 1.165) is 16.0 Å². The Labute approximate surface area is 168 Å². The predicted octanol–water partition coefficient (Wildman–Crippen LogP) is 2.17. The molecule has 154 valence electrons. The number of carbonyl (C=O) groups is 3. The normalized spacial score (nSPS) is 11.4. The first-order valence-electron chi connectivity index (χ1n) is 9.05. The van der Waals surface area contributed by atoms with Crippen LogP contribution in [0.4, 0.5) is 4.79 Å². The van der Waals surface area contributed by atoms with Crippen LogP contribution in [0.25, 0.3) is 0 Å². The van der Waals surface area contributed by atoms with E-state index < -0.39 is 30.6 Å². The number of carbonyl (C=O) groups excluding carboxylic acids is 2. The molecule has 8 nitrogen and oxygen atoms in total. The molecule has 0 aliphatic rings. The van der Waals surface area contributed by atoms with Crippen molar-refractivity contribution < 1.29 is 29.0 Å². The zero-order valence-electron chi connectivity index (χ0n) is 15.9. The largest absolute Gasteiger partial charge is 0.481 e. The number of aliphatic carboxylic acids is 1. The first-order chi connectivity index (χ1) is 13.9. The van der Waals surface area contributed by atoms with Crippen molar-refractivity contribution in [1.29, 1.82) is 0 Å². The number of primary amides is 1. The lowest BCUT2D eigenvalue weighted by Crippen LogP contribution is -2.44. The minimum absolute atomic E-state index is 0.0173. The number of carboxylic acids is 1. The number of nitrogens with two attached hydrogens (primary N) is 1. The summed E-state index contributed by atoms with van der Waals surface area (Å²) in [5.41, 5.74) is 6.87. The van der Waals surface area contributed by atoms with Crippen LogP contribution in [0.15, 0.2) is 60.7 Å². The molecule has 0 aliphatic carbocycles. The molecule has 0 bridgehead atoms. The fourth-order valence-electron chi connectivity index (χ4n) is 2.61. The molecule has 2 rings (SSSR count). The van der Waals surface area contributed by atoms with Crippen molar-refractivity contribution in [3.63, 3.8) is 0 Å². The van der Waals surface area contributed by atoms with Crippen molar-refractivity contribution in [2.24, 2.45) is 5.73 Å². The van der Waals surface area contributed by atoms with Crippen LogP contribution in [0.1, 0.15) is 17.5 Å². The second kappa shape index (κ2) is 11.5. The van der Waals surface area contributed by atoms with Gasteiger partial charge in [-0.1, -0.05) is 60.7 Å². The molecule has 1 atom stereocenters. The van der Waals surface area contributed by atoms with E-state index in [-0.39, 0.29) is 26.2 Å². The maximum Gasteiger partial charge on any atom is 0.410 e. The number of ether oxygens (including phenoxy) is 2. The van der Waals surface area contributed by atoms with Gasteiger partial charge in [0.1, 0.15) is 13.2 Å². The summed E-state index contributed by atoms with van der Waals surface area (Å²) in [4.78, 5) is 36.1. The summed E-state index contributed by atoms with van der Waals surface area (Å²) >= 11 is 0. The van der Waals surface area contributed by atoms with Gasteiger partial charge < -0.3 is 20.3 Å². The van der Waals surface area contributed by atoms with Gasteiger partial charge in [-0.15, -0.1) is 0 Å². The summed E-state index contributed by atoms with van der Waals surface area (Å²) < 4.78 is 10.9. The van der Waals surface area contributed by atoms with Crippen LogP contribution in [-0.2, 0) is 32.3 Å². The average molecular weight is 400 g/mol. The third-order valence-corrected chi connectivity index (χ3v) is 3.96. The van der Waals surface area contributed by atoms with Gasteiger partial charge in [-0.05, 0) is 11.1 Å². The molecule has 8 heteroatoms. The lowest BCUT2D eigenvalue weighted by molar-refractivity contribution is -0.140. The van der Waals surface area contributed by atoms with Crippen molar-refractivity contribution in [3.05, 3.63) is 71.8 Å². The lowest BCUT2D eigenvalue weighted by atomic mass is 10.2. The lowest BCUT2D eigenvalue weighted by Gasteiger charge is -2.25. The highest BCUT2D eigenvalue weighted by atomic mass is 16.6. The molecule has 2 amide bonds. The van der Waals surface area contributed by atoms with E-state index >= 15 is 0 Å². The maximum atomic E-state index is 12.4. The zero-order valence-corrected chi connectivity index (χ0v) is 15.9. The number of carboxylic acid groups (broad SMARTS) is 1. The molecule has 29 heavy (non-hydrogen) atoms. The number of hydrogen-bond donors (Lipinski definition) is 2. The van der Waals surface area contributed by atoms with Gasteiger partial charge in [0.25, 0.3) is 0 Å². The smallest absolute Gasteiger partial charge is 0.410 e. The van der Waals surface area contributed by atoms with E-state index in [9.17, 15) is 14.4 Å². The Hall–Kier alpha value is -3.39. The molecule has 0 spiro atoms. The number of nitrogens with zero attached hydrogens (tertiary/aromatic N) is 1. The highest BCUT2D eigenvalue weighted by Gasteiger charge is 2.24. The summed E-state index contributed by atoms with van der Waals surface area (Å²) in [6, 6.07) is 18.3. The minimum Gasteiger partial charge on any atom is -0.481 e. The van der Waals surface area contributed by atoms with E-state index in [2.05, 4.69) is 0 Å². The van der Waals surface area contributed by atoms with E-state index in [1.807, 2.05) is 48.5 Å². The van der Waals surface area contributed by atoms with Crippen LogP contribution in [0.3, 0.4) is 0 Å². The molecule has 0 fully saturated rings. The Morgan fingerprint density at radius 2 is 1.48 bits per heavy atom. The molecule has 2 aromatic rings. The summed E-state index contributed by atoms with van der Waals surface area (Å²) in [5, 5.41) is 9.16. The second-order valence-corrected chi connectivity index (χ2v) is 6.40. The van der Waals surface area contributed by atoms with Crippen molar-refractivity contribution in [2.75, 3.05) is 13.1 Å². The predicted molar refractivity (Wildman–Crippen MR) is 105 cm³/mol. The van der Waals surface area contributed by atoms with Crippen molar-refractivity contribution >= 4 is 18.0 Å². The van der Waals surface area contributed by atoms with Crippen LogP contribution in [0.5, 0.6) is 0 Å². The highest BCUT2D eigenvalue weighted by Crippen LogP contribution is 2.10. The number of amides is 2. The van der Waals surface area contributed by atoms with Crippen LogP contribution in [-0.4, -0.2) is 47.2 Å². The Balaban J connectivity index is 2.01. The first kappa shape index (κ1) is 21.9. The molecule has 0 heterocycles. The summed E-state index contributed by atoms with van der Waals surface area (Å²) in [6.45, 7) is -0.361. The van der Waals surface area contributed by atoms with Crippen LogP contribution in [0.2, 0.25) is 0 Å². The Morgan fingerprint density at radius 3 is 2.00 bits per heavy atom. The molecule has 2 aromatic carbocycles. The third kappa shape index (κ3) is 8.44. The van der Waals surface area contributed by atoms with E-state index in [0.29, 0.717) is 0 Å². The standard InChI is InChI=1S/C21H24N2O6/c22-19(24)13-23(21(27)29-15-17-9-5-2-6-10-17)12-18(11-20(25)26)28-14-16-7-3-1-4-8-16/h1-10,18H,11-15H2,(H2,22,24)(H,25,26)/t18-/m0/s1. The van der Waals surface area contributed by atoms with E-state index in [4.69, 9.17) is 20.3 Å². The molecule has 0 radical (unpaired) electrons. The monoisotopic (exact) mass is 400 g/mol. The molecule has 0 unspecified atom stereocenters. The Kier molecular flexibility index (Phi) is 8.65. The van der Waals surface area contributed by atoms with Crippen molar-refractivity contribution in [3.8, 4) is 0 Å². The number of benzene rings is 2. The summed E-state index contributed by atoms with van der Waals surface area (Å²) in [7, 11) is 0. The quantitative estimate of drug-likeness (QED) is 0.597. The SMILES string of the molecule is NC(=O)CN(C[C@H](CC(=O)O)OCc1ccccc1)C(=O)OCc1ccccc1. The Morgan fingerprint density at radius 1 is 0.931 bits per heavy atom. The molecule has 3 N–H and O–H groups in total. The van der Waals surface area contributed by atoms with E-state index in [1.165, 1.54) is 0 Å². The van der Waals surface area contributed by atoms with Gasteiger partial charge in [0.05, 0.1) is 25.7 Å². The van der Waals surface area contributed by atoms with E-state index in [1.54, 1.807) is 12.1 Å². The fourth-order valence-corrected chi connectivity index (χ4v) is 2.61. The maximum absolute atomic E-state index is 12.4. The Bertz CT molecular complexity index is 797. The van der Waals surface area contributed by atoms with Crippen LogP contribution in [0, 0.1) is 0 Å². The average Bonchev–Trinajstić information content (AvgIpc) is 2.70. The molecule has 0 saturated carbocycles. The number of rotatable bonds is 11. The first-order valence-corrected chi connectivity index (χ1v) is 9.05. The van der Waals surface area contributed by atoms with Crippen molar-refractivity contribution in [2.45, 2.75) is 25.7 Å². The fraction of sp³-hybridized carbons (Fsp3) is 0.286. The van der Waals surface area contributed by atoms with Gasteiger partial charge in [0.2, 0.25) is 5.91 Å². The van der Waals surface area contributed by atoms with Gasteiger partial charge in [-0.2, -0.15) is 0 Å². The molecular formula is C21H24N2O6. The molecule has 0 saturated heterocycles. The topological polar surface area (TPSA) is 119 Å². The molecule has 0 aromatic heterocycles. The number of hydrogen-bond acceptors (Lipinski definition) is 5.